The number of benzene rings is 2. The van der Waals surface area contributed by atoms with Gasteiger partial charge in [0, 0.05) is 12.2 Å². The lowest BCUT2D eigenvalue weighted by Gasteiger charge is -2.09. The second-order valence-corrected chi connectivity index (χ2v) is 7.05. The average molecular weight is 408 g/mol. The Morgan fingerprint density at radius 3 is 2.66 bits per heavy atom. The number of methoxy groups -OCH3 is 1. The molecule has 3 rings (SSSR count). The number of hydrogen-bond donors (Lipinski definition) is 1. The van der Waals surface area contributed by atoms with Gasteiger partial charge in [-0.2, -0.15) is 5.26 Å². The third-order valence-electron chi connectivity index (χ3n) is 4.10. The highest BCUT2D eigenvalue weighted by Crippen LogP contribution is 2.25. The van der Waals surface area contributed by atoms with Crippen LogP contribution in [-0.4, -0.2) is 23.0 Å². The molecule has 0 saturated carbocycles. The Morgan fingerprint density at radius 2 is 1.97 bits per heavy atom. The predicted molar refractivity (Wildman–Crippen MR) is 108 cm³/mol. The number of nitrogen functional groups attached to an aromatic ring is 1. The molecule has 0 aliphatic rings. The van der Waals surface area contributed by atoms with E-state index in [2.05, 4.69) is 9.97 Å². The summed E-state index contributed by atoms with van der Waals surface area (Å²) in [7, 11) is 1.33. The summed E-state index contributed by atoms with van der Waals surface area (Å²) in [6, 6.07) is 15.1. The lowest BCUT2D eigenvalue weighted by atomic mass is 10.1. The zero-order valence-corrected chi connectivity index (χ0v) is 16.4. The number of rotatable bonds is 6. The van der Waals surface area contributed by atoms with Crippen molar-refractivity contribution < 1.29 is 13.9 Å². The highest BCUT2D eigenvalue weighted by molar-refractivity contribution is 7.98. The number of carbonyl (C=O) groups excluding carboxylic acids is 1. The monoisotopic (exact) mass is 408 g/mol. The molecule has 1 aromatic heterocycles. The quantitative estimate of drug-likeness (QED) is 0.376. The van der Waals surface area contributed by atoms with E-state index in [1.165, 1.54) is 31.0 Å². The van der Waals surface area contributed by atoms with E-state index in [1.54, 1.807) is 30.3 Å². The Hall–Kier alpha value is -3.44. The highest BCUT2D eigenvalue weighted by atomic mass is 32.2. The minimum absolute atomic E-state index is 0.102. The Labute approximate surface area is 171 Å². The molecule has 0 saturated heterocycles. The number of ether oxygens (including phenoxy) is 1. The van der Waals surface area contributed by atoms with Gasteiger partial charge in [0.05, 0.1) is 18.4 Å². The van der Waals surface area contributed by atoms with Gasteiger partial charge in [-0.05, 0) is 35.4 Å². The molecule has 3 aromatic rings. The van der Waals surface area contributed by atoms with E-state index >= 15 is 0 Å². The van der Waals surface area contributed by atoms with Gasteiger partial charge in [0.1, 0.15) is 23.3 Å². The Balaban J connectivity index is 1.81. The molecular weight excluding hydrogens is 391 g/mol. The summed E-state index contributed by atoms with van der Waals surface area (Å²) < 4.78 is 17.9. The largest absolute Gasteiger partial charge is 0.465 e. The van der Waals surface area contributed by atoms with E-state index in [1.807, 2.05) is 12.1 Å². The van der Waals surface area contributed by atoms with Crippen LogP contribution in [0.4, 0.5) is 10.2 Å². The molecule has 146 valence electrons. The van der Waals surface area contributed by atoms with Gasteiger partial charge in [0.25, 0.3) is 0 Å². The number of nitrogens with two attached hydrogens (primary N) is 1. The van der Waals surface area contributed by atoms with E-state index in [9.17, 15) is 14.4 Å². The zero-order valence-electron chi connectivity index (χ0n) is 15.6. The van der Waals surface area contributed by atoms with Crippen molar-refractivity contribution in [2.45, 2.75) is 17.3 Å². The second kappa shape index (κ2) is 9.17. The van der Waals surface area contributed by atoms with Crippen molar-refractivity contribution in [3.05, 3.63) is 82.3 Å². The van der Waals surface area contributed by atoms with E-state index in [0.717, 1.165) is 11.1 Å². The molecule has 8 heteroatoms. The molecule has 0 radical (unpaired) electrons. The molecule has 0 unspecified atom stereocenters. The summed E-state index contributed by atoms with van der Waals surface area (Å²) >= 11 is 1.34. The molecule has 0 fully saturated rings. The van der Waals surface area contributed by atoms with Crippen LogP contribution in [0.25, 0.3) is 0 Å². The fourth-order valence-electron chi connectivity index (χ4n) is 2.67. The fourth-order valence-corrected chi connectivity index (χ4v) is 3.48. The molecule has 0 atom stereocenters. The van der Waals surface area contributed by atoms with Gasteiger partial charge in [0.2, 0.25) is 0 Å². The summed E-state index contributed by atoms with van der Waals surface area (Å²) in [6.45, 7) is 0. The van der Waals surface area contributed by atoms with Crippen molar-refractivity contribution in [2.24, 2.45) is 0 Å². The zero-order chi connectivity index (χ0) is 20.8. The van der Waals surface area contributed by atoms with Crippen LogP contribution in [0, 0.1) is 17.1 Å². The van der Waals surface area contributed by atoms with E-state index in [0.29, 0.717) is 28.6 Å². The molecule has 0 amide bonds. The van der Waals surface area contributed by atoms with Crippen molar-refractivity contribution in [3.8, 4) is 6.07 Å². The molecule has 29 heavy (non-hydrogen) atoms. The summed E-state index contributed by atoms with van der Waals surface area (Å²) in [4.78, 5) is 20.3. The van der Waals surface area contributed by atoms with Gasteiger partial charge in [-0.25, -0.2) is 19.2 Å². The van der Waals surface area contributed by atoms with Crippen LogP contribution in [-0.2, 0) is 16.9 Å². The first-order valence-corrected chi connectivity index (χ1v) is 9.59. The highest BCUT2D eigenvalue weighted by Gasteiger charge is 2.14. The fraction of sp³-hybridized carbons (Fsp3) is 0.143. The summed E-state index contributed by atoms with van der Waals surface area (Å²) in [6.07, 6.45) is 0.335. The Kier molecular flexibility index (Phi) is 6.42. The molecule has 0 aliphatic carbocycles. The molecular formula is C21H17FN4O2S. The lowest BCUT2D eigenvalue weighted by molar-refractivity contribution is 0.0600. The van der Waals surface area contributed by atoms with Gasteiger partial charge < -0.3 is 10.5 Å². The Bertz CT molecular complexity index is 1080. The van der Waals surface area contributed by atoms with Crippen molar-refractivity contribution >= 4 is 23.5 Å². The first-order valence-electron chi connectivity index (χ1n) is 8.61. The number of carbonyl (C=O) groups is 1. The number of halogens is 1. The number of thioether (sulfide) groups is 1. The molecule has 2 aromatic carbocycles. The van der Waals surface area contributed by atoms with Crippen LogP contribution in [0.2, 0.25) is 0 Å². The number of anilines is 1. The predicted octanol–water partition coefficient (Wildman–Crippen LogP) is 3.74. The topological polar surface area (TPSA) is 102 Å². The van der Waals surface area contributed by atoms with Gasteiger partial charge in [0.15, 0.2) is 5.16 Å². The maximum atomic E-state index is 13.1. The maximum absolute atomic E-state index is 13.1. The van der Waals surface area contributed by atoms with Crippen LogP contribution in [0.1, 0.15) is 32.7 Å². The molecule has 0 spiro atoms. The summed E-state index contributed by atoms with van der Waals surface area (Å²) in [5, 5.41) is 9.82. The molecule has 2 N–H and O–H groups in total. The average Bonchev–Trinajstić information content (AvgIpc) is 2.73. The third-order valence-corrected chi connectivity index (χ3v) is 5.02. The van der Waals surface area contributed by atoms with Gasteiger partial charge >= 0.3 is 5.97 Å². The van der Waals surface area contributed by atoms with Crippen LogP contribution >= 0.6 is 11.8 Å². The van der Waals surface area contributed by atoms with Gasteiger partial charge in [-0.3, -0.25) is 0 Å². The number of aromatic nitrogens is 2. The number of hydrogen-bond acceptors (Lipinski definition) is 7. The number of nitriles is 1. The smallest absolute Gasteiger partial charge is 0.337 e. The number of esters is 1. The minimum Gasteiger partial charge on any atom is -0.465 e. The van der Waals surface area contributed by atoms with Crippen LogP contribution in [0.5, 0.6) is 0 Å². The lowest BCUT2D eigenvalue weighted by Crippen LogP contribution is -2.06. The van der Waals surface area contributed by atoms with Crippen LogP contribution < -0.4 is 5.73 Å². The van der Waals surface area contributed by atoms with Gasteiger partial charge in [-0.1, -0.05) is 36.0 Å². The summed E-state index contributed by atoms with van der Waals surface area (Å²) in [5.41, 5.74) is 8.81. The molecule has 6 nitrogen and oxygen atoms in total. The maximum Gasteiger partial charge on any atom is 0.337 e. The first kappa shape index (κ1) is 20.3. The van der Waals surface area contributed by atoms with Crippen molar-refractivity contribution in [1.29, 1.82) is 5.26 Å². The SMILES string of the molecule is COC(=O)c1cccc(CSc2nc(N)c(C#N)c(Cc3ccc(F)cc3)n2)c1. The second-order valence-electron chi connectivity index (χ2n) is 6.11. The van der Waals surface area contributed by atoms with Gasteiger partial charge in [-0.15, -0.1) is 0 Å². The number of nitrogens with zero attached hydrogens (tertiary/aromatic N) is 3. The normalized spacial score (nSPS) is 10.4. The molecule has 0 bridgehead atoms. The minimum atomic E-state index is -0.405. The molecule has 0 aliphatic heterocycles. The standard InChI is InChI=1S/C21H17FN4O2S/c1-28-20(27)15-4-2-3-14(9-15)12-29-21-25-18(17(11-23)19(24)26-21)10-13-5-7-16(22)8-6-13/h2-9H,10,12H2,1H3,(H2,24,25,26). The van der Waals surface area contributed by atoms with E-state index < -0.39 is 5.97 Å². The summed E-state index contributed by atoms with van der Waals surface area (Å²) in [5.74, 6) is -0.129. The van der Waals surface area contributed by atoms with Crippen LogP contribution in [0.3, 0.4) is 0 Å². The Morgan fingerprint density at radius 1 is 1.21 bits per heavy atom. The molecule has 1 heterocycles. The van der Waals surface area contributed by atoms with E-state index in [4.69, 9.17) is 10.5 Å². The van der Waals surface area contributed by atoms with E-state index in [-0.39, 0.29) is 17.2 Å². The van der Waals surface area contributed by atoms with Crippen molar-refractivity contribution in [1.82, 2.24) is 9.97 Å². The van der Waals surface area contributed by atoms with Crippen molar-refractivity contribution in [2.75, 3.05) is 12.8 Å². The van der Waals surface area contributed by atoms with Crippen molar-refractivity contribution in [3.63, 3.8) is 0 Å². The third kappa shape index (κ3) is 5.09. The van der Waals surface area contributed by atoms with Crippen LogP contribution in [0.15, 0.2) is 53.7 Å². The first-order chi connectivity index (χ1) is 14.0.